The van der Waals surface area contributed by atoms with Crippen LogP contribution in [0.15, 0.2) is 16.8 Å². The van der Waals surface area contributed by atoms with E-state index in [-0.39, 0.29) is 0 Å². The van der Waals surface area contributed by atoms with Gasteiger partial charge in [-0.1, -0.05) is 22.4 Å². The largest absolute Gasteiger partial charge is 0.152 e. The summed E-state index contributed by atoms with van der Waals surface area (Å²) >= 11 is 5.63. The predicted octanol–water partition coefficient (Wildman–Crippen LogP) is 4.88. The SMILES string of the molecule is BrCC1(CCc2ccsc2)CC2CCC1C2. The molecule has 88 valence electrons. The predicted molar refractivity (Wildman–Crippen MR) is 74.3 cm³/mol. The molecule has 0 spiro atoms. The van der Waals surface area contributed by atoms with Crippen molar-refractivity contribution in [3.8, 4) is 0 Å². The van der Waals surface area contributed by atoms with E-state index >= 15 is 0 Å². The summed E-state index contributed by atoms with van der Waals surface area (Å²) in [6.07, 6.45) is 8.72. The minimum Gasteiger partial charge on any atom is -0.152 e. The molecule has 0 aliphatic heterocycles. The Kier molecular flexibility index (Phi) is 3.14. The molecule has 16 heavy (non-hydrogen) atoms. The van der Waals surface area contributed by atoms with Crippen molar-refractivity contribution in [2.75, 3.05) is 5.33 Å². The van der Waals surface area contributed by atoms with Crippen LogP contribution < -0.4 is 0 Å². The highest BCUT2D eigenvalue weighted by atomic mass is 79.9. The Balaban J connectivity index is 1.67. The molecule has 2 fully saturated rings. The fraction of sp³-hybridized carbons (Fsp3) is 0.714. The van der Waals surface area contributed by atoms with Crippen LogP contribution in [0.3, 0.4) is 0 Å². The first-order valence-corrected chi connectivity index (χ1v) is 8.46. The van der Waals surface area contributed by atoms with Crippen LogP contribution in [0.5, 0.6) is 0 Å². The summed E-state index contributed by atoms with van der Waals surface area (Å²) < 4.78 is 0. The average Bonchev–Trinajstić information content (AvgIpc) is 3.02. The maximum Gasteiger partial charge on any atom is 0.00908 e. The second-order valence-electron chi connectivity index (χ2n) is 5.71. The van der Waals surface area contributed by atoms with Crippen molar-refractivity contribution in [2.45, 2.75) is 38.5 Å². The first-order valence-electron chi connectivity index (χ1n) is 6.39. The molecule has 0 nitrogen and oxygen atoms in total. The van der Waals surface area contributed by atoms with Crippen LogP contribution in [-0.2, 0) is 6.42 Å². The van der Waals surface area contributed by atoms with Crippen molar-refractivity contribution in [1.29, 1.82) is 0 Å². The quantitative estimate of drug-likeness (QED) is 0.695. The van der Waals surface area contributed by atoms with E-state index in [2.05, 4.69) is 32.8 Å². The molecule has 3 atom stereocenters. The van der Waals surface area contributed by atoms with Crippen LogP contribution in [-0.4, -0.2) is 5.33 Å². The number of hydrogen-bond donors (Lipinski definition) is 0. The monoisotopic (exact) mass is 298 g/mol. The highest BCUT2D eigenvalue weighted by Gasteiger charge is 2.49. The molecular weight excluding hydrogens is 280 g/mol. The third kappa shape index (κ3) is 1.88. The Hall–Kier alpha value is 0.180. The number of aryl methyl sites for hydroxylation is 1. The third-order valence-electron chi connectivity index (χ3n) is 4.86. The fourth-order valence-corrected chi connectivity index (χ4v) is 5.59. The molecule has 3 rings (SSSR count). The van der Waals surface area contributed by atoms with Crippen LogP contribution in [0.4, 0.5) is 0 Å². The summed E-state index contributed by atoms with van der Waals surface area (Å²) in [4.78, 5) is 0. The summed E-state index contributed by atoms with van der Waals surface area (Å²) in [5.41, 5.74) is 2.19. The zero-order chi connectivity index (χ0) is 11.0. The summed E-state index contributed by atoms with van der Waals surface area (Å²) in [6.45, 7) is 0. The maximum atomic E-state index is 3.80. The molecule has 1 heterocycles. The van der Waals surface area contributed by atoms with Crippen molar-refractivity contribution in [1.82, 2.24) is 0 Å². The van der Waals surface area contributed by atoms with Gasteiger partial charge in [0.05, 0.1) is 0 Å². The Morgan fingerprint density at radius 2 is 2.38 bits per heavy atom. The summed E-state index contributed by atoms with van der Waals surface area (Å²) in [5, 5.41) is 5.75. The van der Waals surface area contributed by atoms with Gasteiger partial charge in [0.15, 0.2) is 0 Å². The molecule has 2 saturated carbocycles. The Bertz CT molecular complexity index is 346. The molecule has 2 aliphatic carbocycles. The van der Waals surface area contributed by atoms with Crippen LogP contribution in [0.25, 0.3) is 0 Å². The van der Waals surface area contributed by atoms with Gasteiger partial charge < -0.3 is 0 Å². The Morgan fingerprint density at radius 3 is 2.94 bits per heavy atom. The molecule has 2 bridgehead atoms. The molecule has 0 aromatic carbocycles. The van der Waals surface area contributed by atoms with Gasteiger partial charge in [0.25, 0.3) is 0 Å². The van der Waals surface area contributed by atoms with Gasteiger partial charge >= 0.3 is 0 Å². The molecule has 3 unspecified atom stereocenters. The van der Waals surface area contributed by atoms with E-state index in [1.54, 1.807) is 5.56 Å². The summed E-state index contributed by atoms with van der Waals surface area (Å²) in [7, 11) is 0. The van der Waals surface area contributed by atoms with E-state index in [1.807, 2.05) is 11.3 Å². The lowest BCUT2D eigenvalue weighted by Crippen LogP contribution is -2.30. The highest BCUT2D eigenvalue weighted by molar-refractivity contribution is 9.09. The molecule has 2 heteroatoms. The summed E-state index contributed by atoms with van der Waals surface area (Å²) in [6, 6.07) is 2.29. The van der Waals surface area contributed by atoms with Crippen LogP contribution >= 0.6 is 27.3 Å². The summed E-state index contributed by atoms with van der Waals surface area (Å²) in [5.74, 6) is 2.08. The lowest BCUT2D eigenvalue weighted by molar-refractivity contribution is 0.182. The zero-order valence-electron chi connectivity index (χ0n) is 9.62. The maximum absolute atomic E-state index is 3.80. The van der Waals surface area contributed by atoms with Gasteiger partial charge in [-0.05, 0) is 71.7 Å². The Morgan fingerprint density at radius 1 is 1.44 bits per heavy atom. The average molecular weight is 299 g/mol. The van der Waals surface area contributed by atoms with E-state index in [1.165, 1.54) is 43.9 Å². The van der Waals surface area contributed by atoms with Gasteiger partial charge in [0.2, 0.25) is 0 Å². The van der Waals surface area contributed by atoms with Crippen molar-refractivity contribution in [2.24, 2.45) is 17.3 Å². The zero-order valence-corrected chi connectivity index (χ0v) is 12.0. The number of alkyl halides is 1. The van der Waals surface area contributed by atoms with E-state index < -0.39 is 0 Å². The number of halogens is 1. The van der Waals surface area contributed by atoms with Gasteiger partial charge in [-0.25, -0.2) is 0 Å². The smallest absolute Gasteiger partial charge is 0.00908 e. The standard InChI is InChI=1S/C14H19BrS/c15-10-14(5-3-11-4-6-16-9-11)8-12-1-2-13(14)7-12/h4,6,9,12-13H,1-3,5,7-8,10H2. The molecule has 0 N–H and O–H groups in total. The highest BCUT2D eigenvalue weighted by Crippen LogP contribution is 2.58. The van der Waals surface area contributed by atoms with Crippen LogP contribution in [0, 0.1) is 17.3 Å². The van der Waals surface area contributed by atoms with Crippen LogP contribution in [0.1, 0.15) is 37.7 Å². The van der Waals surface area contributed by atoms with Crippen molar-refractivity contribution in [3.63, 3.8) is 0 Å². The molecule has 0 radical (unpaired) electrons. The van der Waals surface area contributed by atoms with Gasteiger partial charge in [-0.15, -0.1) is 0 Å². The van der Waals surface area contributed by atoms with Crippen LogP contribution in [0.2, 0.25) is 0 Å². The van der Waals surface area contributed by atoms with E-state index in [9.17, 15) is 0 Å². The van der Waals surface area contributed by atoms with E-state index in [0.717, 1.165) is 11.8 Å². The number of fused-ring (bicyclic) bond motifs is 2. The van der Waals surface area contributed by atoms with Crippen molar-refractivity contribution >= 4 is 27.3 Å². The second-order valence-corrected chi connectivity index (χ2v) is 7.05. The minimum absolute atomic E-state index is 0.644. The number of hydrogen-bond acceptors (Lipinski definition) is 1. The van der Waals surface area contributed by atoms with E-state index in [4.69, 9.17) is 0 Å². The molecule has 1 aromatic rings. The molecule has 0 amide bonds. The third-order valence-corrected chi connectivity index (χ3v) is 6.71. The molecule has 0 saturated heterocycles. The Labute approximate surface area is 111 Å². The van der Waals surface area contributed by atoms with Gasteiger partial charge in [0, 0.05) is 5.33 Å². The molecule has 2 aliphatic rings. The molecular formula is C14H19BrS. The first kappa shape index (κ1) is 11.3. The number of rotatable bonds is 4. The van der Waals surface area contributed by atoms with E-state index in [0.29, 0.717) is 5.41 Å². The first-order chi connectivity index (χ1) is 7.82. The van der Waals surface area contributed by atoms with Gasteiger partial charge in [-0.2, -0.15) is 11.3 Å². The van der Waals surface area contributed by atoms with Gasteiger partial charge in [0.1, 0.15) is 0 Å². The second kappa shape index (κ2) is 4.45. The molecule has 1 aromatic heterocycles. The van der Waals surface area contributed by atoms with Gasteiger partial charge in [-0.3, -0.25) is 0 Å². The van der Waals surface area contributed by atoms with Crippen molar-refractivity contribution < 1.29 is 0 Å². The van der Waals surface area contributed by atoms with Crippen molar-refractivity contribution in [3.05, 3.63) is 22.4 Å². The lowest BCUT2D eigenvalue weighted by Gasteiger charge is -2.36. The lowest BCUT2D eigenvalue weighted by atomic mass is 9.71. The minimum atomic E-state index is 0.644. The fourth-order valence-electron chi connectivity index (χ4n) is 3.92. The normalized spacial score (nSPS) is 37.1. The topological polar surface area (TPSA) is 0 Å². The number of thiophene rings is 1.